The smallest absolute Gasteiger partial charge is 0.248 e. The van der Waals surface area contributed by atoms with Crippen LogP contribution in [0, 0.1) is 0 Å². The van der Waals surface area contributed by atoms with E-state index >= 15 is 0 Å². The van der Waals surface area contributed by atoms with Crippen molar-refractivity contribution in [2.45, 2.75) is 38.0 Å². The van der Waals surface area contributed by atoms with Crippen LogP contribution in [0.3, 0.4) is 0 Å². The predicted octanol–water partition coefficient (Wildman–Crippen LogP) is 4.55. The normalized spacial score (nSPS) is 16.9. The summed E-state index contributed by atoms with van der Waals surface area (Å²) in [7, 11) is 0. The van der Waals surface area contributed by atoms with Crippen molar-refractivity contribution in [3.05, 3.63) is 34.6 Å². The van der Waals surface area contributed by atoms with Crippen LogP contribution in [-0.2, 0) is 0 Å². The minimum Gasteiger partial charge on any atom is -0.420 e. The molecule has 94 valence electrons. The van der Waals surface area contributed by atoms with Gasteiger partial charge in [-0.25, -0.2) is 0 Å². The molecule has 1 fully saturated rings. The Balaban J connectivity index is 1.87. The molecule has 0 bridgehead atoms. The van der Waals surface area contributed by atoms with Crippen LogP contribution in [0.2, 0.25) is 0 Å². The van der Waals surface area contributed by atoms with E-state index in [1.807, 2.05) is 24.3 Å². The maximum Gasteiger partial charge on any atom is 0.248 e. The monoisotopic (exact) mass is 306 g/mol. The molecule has 0 radical (unpaired) electrons. The molecular weight excluding hydrogens is 292 g/mol. The van der Waals surface area contributed by atoms with E-state index in [0.717, 1.165) is 15.9 Å². The molecule has 1 heterocycles. The van der Waals surface area contributed by atoms with Crippen molar-refractivity contribution in [2.75, 3.05) is 0 Å². The van der Waals surface area contributed by atoms with E-state index in [9.17, 15) is 0 Å². The summed E-state index contributed by atoms with van der Waals surface area (Å²) in [6, 6.07) is 7.93. The molecule has 0 atom stereocenters. The molecule has 1 aromatic heterocycles. The maximum atomic E-state index is 5.84. The summed E-state index contributed by atoms with van der Waals surface area (Å²) in [5.41, 5.74) is 0.965. The third-order valence-electron chi connectivity index (χ3n) is 3.50. The molecule has 1 aromatic carbocycles. The summed E-state index contributed by atoms with van der Waals surface area (Å²) in [5, 5.41) is 8.40. The molecule has 3 nitrogen and oxygen atoms in total. The minimum absolute atomic E-state index is 0.461. The summed E-state index contributed by atoms with van der Waals surface area (Å²) in [6.45, 7) is 0. The van der Waals surface area contributed by atoms with Gasteiger partial charge < -0.3 is 4.42 Å². The Labute approximate surface area is 115 Å². The first-order valence-corrected chi connectivity index (χ1v) is 7.22. The molecule has 1 saturated carbocycles. The lowest BCUT2D eigenvalue weighted by atomic mass is 9.89. The highest BCUT2D eigenvalue weighted by molar-refractivity contribution is 9.10. The van der Waals surface area contributed by atoms with Gasteiger partial charge in [0.2, 0.25) is 11.8 Å². The molecule has 18 heavy (non-hydrogen) atoms. The molecule has 0 aliphatic heterocycles. The predicted molar refractivity (Wildman–Crippen MR) is 73.3 cm³/mol. The largest absolute Gasteiger partial charge is 0.420 e. The summed E-state index contributed by atoms with van der Waals surface area (Å²) in [4.78, 5) is 0. The van der Waals surface area contributed by atoms with Gasteiger partial charge in [-0.05, 0) is 40.9 Å². The van der Waals surface area contributed by atoms with Crippen molar-refractivity contribution in [3.63, 3.8) is 0 Å². The zero-order valence-corrected chi connectivity index (χ0v) is 11.7. The Bertz CT molecular complexity index is 532. The maximum absolute atomic E-state index is 5.84. The first-order valence-electron chi connectivity index (χ1n) is 6.43. The zero-order valence-electron chi connectivity index (χ0n) is 10.1. The fourth-order valence-corrected chi connectivity index (χ4v) is 2.95. The Kier molecular flexibility index (Phi) is 3.46. The highest BCUT2D eigenvalue weighted by atomic mass is 79.9. The number of hydrogen-bond donors (Lipinski definition) is 0. The second kappa shape index (κ2) is 5.22. The van der Waals surface area contributed by atoms with E-state index in [-0.39, 0.29) is 0 Å². The number of benzene rings is 1. The number of halogens is 1. The fourth-order valence-electron chi connectivity index (χ4n) is 2.49. The lowest BCUT2D eigenvalue weighted by Gasteiger charge is -2.17. The highest BCUT2D eigenvalue weighted by Crippen LogP contribution is 2.34. The average molecular weight is 307 g/mol. The van der Waals surface area contributed by atoms with E-state index in [1.54, 1.807) is 0 Å². The topological polar surface area (TPSA) is 38.9 Å². The zero-order chi connectivity index (χ0) is 12.4. The summed E-state index contributed by atoms with van der Waals surface area (Å²) >= 11 is 3.51. The van der Waals surface area contributed by atoms with Crippen LogP contribution in [-0.4, -0.2) is 10.2 Å². The fraction of sp³-hybridized carbons (Fsp3) is 0.429. The van der Waals surface area contributed by atoms with Crippen LogP contribution in [0.15, 0.2) is 33.2 Å². The third-order valence-corrected chi connectivity index (χ3v) is 4.19. The van der Waals surface area contributed by atoms with Gasteiger partial charge in [-0.2, -0.15) is 0 Å². The van der Waals surface area contributed by atoms with Crippen molar-refractivity contribution in [2.24, 2.45) is 0 Å². The van der Waals surface area contributed by atoms with Gasteiger partial charge in [0.1, 0.15) is 0 Å². The minimum atomic E-state index is 0.461. The molecule has 0 amide bonds. The molecule has 1 aliphatic carbocycles. The highest BCUT2D eigenvalue weighted by Gasteiger charge is 2.22. The van der Waals surface area contributed by atoms with Crippen LogP contribution in [0.25, 0.3) is 11.5 Å². The van der Waals surface area contributed by atoms with Crippen molar-refractivity contribution in [3.8, 4) is 11.5 Å². The third kappa shape index (κ3) is 2.34. The second-order valence-electron chi connectivity index (χ2n) is 4.76. The van der Waals surface area contributed by atoms with Gasteiger partial charge in [0, 0.05) is 10.4 Å². The van der Waals surface area contributed by atoms with E-state index in [2.05, 4.69) is 26.1 Å². The Morgan fingerprint density at radius 2 is 1.83 bits per heavy atom. The molecule has 0 N–H and O–H groups in total. The Hall–Kier alpha value is -1.16. The Morgan fingerprint density at radius 3 is 2.61 bits per heavy atom. The standard InChI is InChI=1S/C14H15BrN2O/c15-12-9-5-4-8-11(12)14-17-16-13(18-14)10-6-2-1-3-7-10/h4-5,8-10H,1-3,6-7H2. The van der Waals surface area contributed by atoms with E-state index < -0.39 is 0 Å². The molecule has 1 aliphatic rings. The van der Waals surface area contributed by atoms with Crippen LogP contribution in [0.1, 0.15) is 43.9 Å². The first-order chi connectivity index (χ1) is 8.84. The van der Waals surface area contributed by atoms with Crippen molar-refractivity contribution in [1.82, 2.24) is 10.2 Å². The number of rotatable bonds is 2. The number of nitrogens with zero attached hydrogens (tertiary/aromatic N) is 2. The second-order valence-corrected chi connectivity index (χ2v) is 5.61. The first kappa shape index (κ1) is 11.9. The molecular formula is C14H15BrN2O. The lowest BCUT2D eigenvalue weighted by Crippen LogP contribution is -2.04. The molecule has 2 aromatic rings. The summed E-state index contributed by atoms with van der Waals surface area (Å²) in [5.74, 6) is 1.88. The van der Waals surface area contributed by atoms with Gasteiger partial charge in [-0.15, -0.1) is 10.2 Å². The van der Waals surface area contributed by atoms with Crippen molar-refractivity contribution < 1.29 is 4.42 Å². The molecule has 0 unspecified atom stereocenters. The molecule has 0 saturated heterocycles. The lowest BCUT2D eigenvalue weighted by molar-refractivity contribution is 0.367. The van der Waals surface area contributed by atoms with E-state index in [1.165, 1.54) is 32.1 Å². The molecule has 0 spiro atoms. The molecule has 4 heteroatoms. The number of hydrogen-bond acceptors (Lipinski definition) is 3. The van der Waals surface area contributed by atoms with Crippen LogP contribution in [0.4, 0.5) is 0 Å². The van der Waals surface area contributed by atoms with Crippen molar-refractivity contribution >= 4 is 15.9 Å². The summed E-state index contributed by atoms with van der Waals surface area (Å²) in [6.07, 6.45) is 6.24. The van der Waals surface area contributed by atoms with Gasteiger partial charge in [-0.3, -0.25) is 0 Å². The van der Waals surface area contributed by atoms with E-state index in [0.29, 0.717) is 11.8 Å². The van der Waals surface area contributed by atoms with Crippen LogP contribution < -0.4 is 0 Å². The quantitative estimate of drug-likeness (QED) is 0.817. The van der Waals surface area contributed by atoms with Gasteiger partial charge in [0.25, 0.3) is 0 Å². The van der Waals surface area contributed by atoms with Gasteiger partial charge >= 0.3 is 0 Å². The van der Waals surface area contributed by atoms with Gasteiger partial charge in [0.15, 0.2) is 0 Å². The average Bonchev–Trinajstić information content (AvgIpc) is 2.90. The van der Waals surface area contributed by atoms with Gasteiger partial charge in [-0.1, -0.05) is 31.4 Å². The molecule has 3 rings (SSSR count). The van der Waals surface area contributed by atoms with Crippen molar-refractivity contribution in [1.29, 1.82) is 0 Å². The Morgan fingerprint density at radius 1 is 1.06 bits per heavy atom. The van der Waals surface area contributed by atoms with Gasteiger partial charge in [0.05, 0.1) is 5.56 Å². The van der Waals surface area contributed by atoms with E-state index in [4.69, 9.17) is 4.42 Å². The number of aromatic nitrogens is 2. The SMILES string of the molecule is Brc1ccccc1-c1nnc(C2CCCCC2)o1. The van der Waals surface area contributed by atoms with Crippen LogP contribution in [0.5, 0.6) is 0 Å². The van der Waals surface area contributed by atoms with Crippen LogP contribution >= 0.6 is 15.9 Å². The summed E-state index contributed by atoms with van der Waals surface area (Å²) < 4.78 is 6.83.